The van der Waals surface area contributed by atoms with Crippen molar-refractivity contribution in [2.24, 2.45) is 0 Å². The molecule has 0 radical (unpaired) electrons. The van der Waals surface area contributed by atoms with Gasteiger partial charge in [0.2, 0.25) is 5.91 Å². The zero-order valence-corrected chi connectivity index (χ0v) is 13.5. The zero-order valence-electron chi connectivity index (χ0n) is 12.6. The van der Waals surface area contributed by atoms with Gasteiger partial charge in [-0.2, -0.15) is 10.3 Å². The van der Waals surface area contributed by atoms with Gasteiger partial charge in [0.05, 0.1) is 17.7 Å². The van der Waals surface area contributed by atoms with E-state index < -0.39 is 0 Å². The smallest absolute Gasteiger partial charge is 0.289 e. The Labute approximate surface area is 137 Å². The molecule has 2 aromatic rings. The fraction of sp³-hybridized carbons (Fsp3) is 0.429. The molecule has 3 heterocycles. The van der Waals surface area contributed by atoms with Crippen LogP contribution in [0.5, 0.6) is 0 Å². The van der Waals surface area contributed by atoms with Crippen LogP contribution in [0.1, 0.15) is 17.5 Å². The first-order valence-electron chi connectivity index (χ1n) is 7.29. The molecular weight excluding hydrogens is 318 g/mol. The van der Waals surface area contributed by atoms with Crippen molar-refractivity contribution in [3.63, 3.8) is 0 Å². The van der Waals surface area contributed by atoms with Gasteiger partial charge in [-0.25, -0.2) is 0 Å². The van der Waals surface area contributed by atoms with Crippen LogP contribution in [-0.2, 0) is 4.79 Å². The summed E-state index contributed by atoms with van der Waals surface area (Å²) in [4.78, 5) is 28.1. The minimum Gasteiger partial charge on any atom is -0.459 e. The Balaban J connectivity index is 1.52. The molecule has 23 heavy (non-hydrogen) atoms. The van der Waals surface area contributed by atoms with Crippen LogP contribution in [0.3, 0.4) is 0 Å². The molecule has 0 aliphatic carbocycles. The third-order valence-electron chi connectivity index (χ3n) is 3.65. The molecule has 122 valence electrons. The SMILES string of the molecule is C[C@@H](Sc1cn[nH]n1)C(=O)N1CCN(C(=O)c2ccco2)CC1. The summed E-state index contributed by atoms with van der Waals surface area (Å²) >= 11 is 1.37. The van der Waals surface area contributed by atoms with Crippen molar-refractivity contribution in [1.29, 1.82) is 0 Å². The molecule has 1 saturated heterocycles. The number of nitrogens with zero attached hydrogens (tertiary/aromatic N) is 4. The van der Waals surface area contributed by atoms with Crippen molar-refractivity contribution in [3.8, 4) is 0 Å². The molecule has 1 atom stereocenters. The Morgan fingerprint density at radius 1 is 1.30 bits per heavy atom. The molecule has 0 unspecified atom stereocenters. The van der Waals surface area contributed by atoms with Crippen LogP contribution in [0.4, 0.5) is 0 Å². The second-order valence-corrected chi connectivity index (χ2v) is 6.52. The molecule has 9 heteroatoms. The van der Waals surface area contributed by atoms with Gasteiger partial charge in [0, 0.05) is 26.2 Å². The van der Waals surface area contributed by atoms with Crippen LogP contribution >= 0.6 is 11.8 Å². The first kappa shape index (κ1) is 15.6. The Morgan fingerprint density at radius 3 is 2.65 bits per heavy atom. The van der Waals surface area contributed by atoms with Crippen molar-refractivity contribution >= 4 is 23.6 Å². The minimum absolute atomic E-state index is 0.0445. The molecule has 0 saturated carbocycles. The van der Waals surface area contributed by atoms with E-state index in [1.807, 2.05) is 6.92 Å². The summed E-state index contributed by atoms with van der Waals surface area (Å²) in [6.07, 6.45) is 3.07. The number of nitrogens with one attached hydrogen (secondary N) is 1. The summed E-state index contributed by atoms with van der Waals surface area (Å²) in [6.45, 7) is 3.91. The van der Waals surface area contributed by atoms with E-state index in [1.54, 1.807) is 28.1 Å². The lowest BCUT2D eigenvalue weighted by Crippen LogP contribution is -2.52. The van der Waals surface area contributed by atoms with Gasteiger partial charge in [0.25, 0.3) is 5.91 Å². The molecule has 2 amide bonds. The highest BCUT2D eigenvalue weighted by Crippen LogP contribution is 2.22. The minimum atomic E-state index is -0.243. The number of amides is 2. The fourth-order valence-corrected chi connectivity index (χ4v) is 3.24. The van der Waals surface area contributed by atoms with Crippen LogP contribution < -0.4 is 0 Å². The maximum Gasteiger partial charge on any atom is 0.289 e. The Kier molecular flexibility index (Phi) is 4.65. The molecule has 1 aliphatic rings. The maximum atomic E-state index is 12.5. The van der Waals surface area contributed by atoms with Gasteiger partial charge in [-0.15, -0.1) is 5.10 Å². The van der Waals surface area contributed by atoms with E-state index in [0.717, 1.165) is 0 Å². The van der Waals surface area contributed by atoms with Crippen LogP contribution in [0.2, 0.25) is 0 Å². The third kappa shape index (κ3) is 3.55. The fourth-order valence-electron chi connectivity index (χ4n) is 2.42. The number of piperazine rings is 1. The predicted molar refractivity (Wildman–Crippen MR) is 82.9 cm³/mol. The summed E-state index contributed by atoms with van der Waals surface area (Å²) in [5.41, 5.74) is 0. The van der Waals surface area contributed by atoms with Crippen LogP contribution in [0, 0.1) is 0 Å². The van der Waals surface area contributed by atoms with Crippen molar-refractivity contribution in [2.45, 2.75) is 17.2 Å². The quantitative estimate of drug-likeness (QED) is 0.833. The highest BCUT2D eigenvalue weighted by molar-refractivity contribution is 8.00. The molecule has 1 N–H and O–H groups in total. The topological polar surface area (TPSA) is 95.3 Å². The van der Waals surface area contributed by atoms with Gasteiger partial charge in [-0.3, -0.25) is 9.59 Å². The van der Waals surface area contributed by atoms with Gasteiger partial charge in [-0.1, -0.05) is 11.8 Å². The number of carbonyl (C=O) groups excluding carboxylic acids is 2. The highest BCUT2D eigenvalue weighted by Gasteiger charge is 2.28. The van der Waals surface area contributed by atoms with E-state index >= 15 is 0 Å². The third-order valence-corrected chi connectivity index (χ3v) is 4.64. The van der Waals surface area contributed by atoms with E-state index in [2.05, 4.69) is 15.4 Å². The van der Waals surface area contributed by atoms with Gasteiger partial charge in [0.1, 0.15) is 5.03 Å². The molecular formula is C14H17N5O3S. The standard InChI is InChI=1S/C14H17N5O3S/c1-10(23-12-9-15-17-16-12)13(20)18-4-6-19(7-5-18)14(21)11-3-2-8-22-11/h2-3,8-10H,4-7H2,1H3,(H,15,16,17)/t10-/m1/s1. The van der Waals surface area contributed by atoms with Gasteiger partial charge in [0.15, 0.2) is 5.76 Å². The molecule has 1 fully saturated rings. The number of hydrogen-bond donors (Lipinski definition) is 1. The second kappa shape index (κ2) is 6.86. The van der Waals surface area contributed by atoms with Gasteiger partial charge in [-0.05, 0) is 19.1 Å². The van der Waals surface area contributed by atoms with Crippen molar-refractivity contribution in [1.82, 2.24) is 25.2 Å². The number of thioether (sulfide) groups is 1. The van der Waals surface area contributed by atoms with Crippen LogP contribution in [0.25, 0.3) is 0 Å². The summed E-state index contributed by atoms with van der Waals surface area (Å²) in [6, 6.07) is 3.34. The number of aromatic amines is 1. The molecule has 2 aromatic heterocycles. The summed E-state index contributed by atoms with van der Waals surface area (Å²) in [5.74, 6) is 0.245. The monoisotopic (exact) mass is 335 g/mol. The average Bonchev–Trinajstić information content (AvgIpc) is 3.27. The largest absolute Gasteiger partial charge is 0.459 e. The number of furan rings is 1. The average molecular weight is 335 g/mol. The Morgan fingerprint density at radius 2 is 2.04 bits per heavy atom. The number of aromatic nitrogens is 3. The van der Waals surface area contributed by atoms with E-state index in [0.29, 0.717) is 37.0 Å². The lowest BCUT2D eigenvalue weighted by molar-refractivity contribution is -0.131. The van der Waals surface area contributed by atoms with E-state index in [9.17, 15) is 9.59 Å². The first-order chi connectivity index (χ1) is 11.1. The summed E-state index contributed by atoms with van der Waals surface area (Å²) in [5, 5.41) is 10.6. The van der Waals surface area contributed by atoms with Gasteiger partial charge < -0.3 is 14.2 Å². The molecule has 3 rings (SSSR count). The van der Waals surface area contributed by atoms with Crippen molar-refractivity contribution in [2.75, 3.05) is 26.2 Å². The van der Waals surface area contributed by atoms with Crippen LogP contribution in [-0.4, -0.2) is 68.5 Å². The zero-order chi connectivity index (χ0) is 16.2. The second-order valence-electron chi connectivity index (χ2n) is 5.16. The predicted octanol–water partition coefficient (Wildman–Crippen LogP) is 0.863. The van der Waals surface area contributed by atoms with E-state index in [1.165, 1.54) is 18.0 Å². The van der Waals surface area contributed by atoms with E-state index in [-0.39, 0.29) is 17.1 Å². The maximum absolute atomic E-state index is 12.5. The molecule has 8 nitrogen and oxygen atoms in total. The normalized spacial score (nSPS) is 16.4. The molecule has 1 aliphatic heterocycles. The number of carbonyl (C=O) groups is 2. The highest BCUT2D eigenvalue weighted by atomic mass is 32.2. The Hall–Kier alpha value is -2.29. The van der Waals surface area contributed by atoms with Crippen molar-refractivity contribution in [3.05, 3.63) is 30.4 Å². The summed E-state index contributed by atoms with van der Waals surface area (Å²) < 4.78 is 5.13. The van der Waals surface area contributed by atoms with E-state index in [4.69, 9.17) is 4.42 Å². The Bertz CT molecular complexity index is 650. The van der Waals surface area contributed by atoms with Crippen molar-refractivity contribution < 1.29 is 14.0 Å². The summed E-state index contributed by atoms with van der Waals surface area (Å²) in [7, 11) is 0. The molecule has 0 aromatic carbocycles. The lowest BCUT2D eigenvalue weighted by atomic mass is 10.2. The number of H-pyrrole nitrogens is 1. The van der Waals surface area contributed by atoms with Gasteiger partial charge >= 0.3 is 0 Å². The number of rotatable bonds is 4. The first-order valence-corrected chi connectivity index (χ1v) is 8.17. The van der Waals surface area contributed by atoms with Crippen LogP contribution in [0.15, 0.2) is 34.0 Å². The molecule has 0 spiro atoms. The molecule has 0 bridgehead atoms. The number of hydrogen-bond acceptors (Lipinski definition) is 6. The lowest BCUT2D eigenvalue weighted by Gasteiger charge is -2.35.